The lowest BCUT2D eigenvalue weighted by atomic mass is 9.84. The highest BCUT2D eigenvalue weighted by molar-refractivity contribution is 6.02. The topological polar surface area (TPSA) is 90.5 Å². The fourth-order valence-electron chi connectivity index (χ4n) is 4.92. The van der Waals surface area contributed by atoms with Crippen LogP contribution in [0.1, 0.15) is 42.5 Å². The quantitative estimate of drug-likeness (QED) is 0.574. The Kier molecular flexibility index (Phi) is 7.07. The zero-order chi connectivity index (χ0) is 23.2. The van der Waals surface area contributed by atoms with Crippen molar-refractivity contribution < 1.29 is 14.4 Å². The van der Waals surface area contributed by atoms with Crippen molar-refractivity contribution >= 4 is 29.2 Å². The van der Waals surface area contributed by atoms with Crippen LogP contribution in [0.25, 0.3) is 0 Å². The monoisotopic (exact) mass is 446 g/mol. The minimum atomic E-state index is -0.492. The highest BCUT2D eigenvalue weighted by Crippen LogP contribution is 2.40. The molecule has 0 spiro atoms. The van der Waals surface area contributed by atoms with Gasteiger partial charge in [0.2, 0.25) is 5.91 Å². The van der Waals surface area contributed by atoms with Gasteiger partial charge < -0.3 is 20.9 Å². The minimum absolute atomic E-state index is 0.0739. The average Bonchev–Trinajstić information content (AvgIpc) is 3.24. The second-order valence-electron chi connectivity index (χ2n) is 8.63. The maximum Gasteiger partial charge on any atom is 0.319 e. The first-order chi connectivity index (χ1) is 16.1. The van der Waals surface area contributed by atoms with Crippen molar-refractivity contribution in [3.63, 3.8) is 0 Å². The lowest BCUT2D eigenvalue weighted by Crippen LogP contribution is -2.47. The van der Waals surface area contributed by atoms with Crippen LogP contribution in [0.4, 0.5) is 16.2 Å². The molecule has 2 aliphatic rings. The summed E-state index contributed by atoms with van der Waals surface area (Å²) in [5, 5.41) is 8.34. The summed E-state index contributed by atoms with van der Waals surface area (Å²) in [5.41, 5.74) is 1.85. The van der Waals surface area contributed by atoms with Crippen LogP contribution in [0, 0.1) is 5.92 Å². The van der Waals surface area contributed by atoms with E-state index in [1.165, 1.54) is 0 Å². The van der Waals surface area contributed by atoms with Gasteiger partial charge >= 0.3 is 6.03 Å². The summed E-state index contributed by atoms with van der Waals surface area (Å²) in [7, 11) is 0. The van der Waals surface area contributed by atoms with Gasteiger partial charge in [0.15, 0.2) is 0 Å². The molecule has 2 aromatic rings. The molecule has 0 radical (unpaired) electrons. The van der Waals surface area contributed by atoms with Gasteiger partial charge in [0.1, 0.15) is 6.04 Å². The molecule has 1 aliphatic heterocycles. The van der Waals surface area contributed by atoms with Gasteiger partial charge in [0.25, 0.3) is 5.91 Å². The van der Waals surface area contributed by atoms with Gasteiger partial charge in [0.05, 0.1) is 0 Å². The molecule has 3 unspecified atom stereocenters. The molecular formula is C26H30N4O3. The summed E-state index contributed by atoms with van der Waals surface area (Å²) in [6.45, 7) is 3.94. The van der Waals surface area contributed by atoms with E-state index in [2.05, 4.69) is 22.5 Å². The number of likely N-dealkylation sites (tertiary alicyclic amines) is 1. The van der Waals surface area contributed by atoms with Crippen LogP contribution in [0.5, 0.6) is 0 Å². The number of carbonyl (C=O) groups is 3. The van der Waals surface area contributed by atoms with Crippen molar-refractivity contribution in [3.8, 4) is 0 Å². The standard InChI is InChI=1S/C26H30N4O3/c1-2-16-27-26(33)29-21-14-12-20(13-15-21)28-24(31)23-17-19-10-6-7-11-22(19)30(23)25(32)18-8-4-3-5-9-18/h2-5,8-9,12-15,19,22-23H,1,6-7,10-11,16-17H2,(H,28,31)(H2,27,29,33). The van der Waals surface area contributed by atoms with Gasteiger partial charge in [-0.1, -0.05) is 37.1 Å². The van der Waals surface area contributed by atoms with E-state index in [0.717, 1.165) is 25.7 Å². The summed E-state index contributed by atoms with van der Waals surface area (Å²) in [4.78, 5) is 40.3. The molecule has 0 bridgehead atoms. The molecule has 3 N–H and O–H groups in total. The van der Waals surface area contributed by atoms with Crippen molar-refractivity contribution in [1.82, 2.24) is 10.2 Å². The SMILES string of the molecule is C=CCNC(=O)Nc1ccc(NC(=O)C2CC3CCCCC3N2C(=O)c2ccccc2)cc1. The van der Waals surface area contributed by atoms with Crippen molar-refractivity contribution in [2.24, 2.45) is 5.92 Å². The molecule has 7 heteroatoms. The van der Waals surface area contributed by atoms with E-state index in [1.54, 1.807) is 30.3 Å². The largest absolute Gasteiger partial charge is 0.334 e. The van der Waals surface area contributed by atoms with Crippen molar-refractivity contribution in [1.29, 1.82) is 0 Å². The number of nitrogens with one attached hydrogen (secondary N) is 3. The second kappa shape index (κ2) is 10.3. The van der Waals surface area contributed by atoms with E-state index in [-0.39, 0.29) is 23.9 Å². The van der Waals surface area contributed by atoms with Crippen molar-refractivity contribution in [2.75, 3.05) is 17.2 Å². The van der Waals surface area contributed by atoms with E-state index >= 15 is 0 Å². The number of benzene rings is 2. The third kappa shape index (κ3) is 5.25. The van der Waals surface area contributed by atoms with E-state index in [9.17, 15) is 14.4 Å². The normalized spacial score (nSPS) is 21.6. The molecule has 2 fully saturated rings. The Balaban J connectivity index is 1.46. The van der Waals surface area contributed by atoms with Crippen molar-refractivity contribution in [2.45, 2.75) is 44.2 Å². The number of carbonyl (C=O) groups excluding carboxylic acids is 3. The van der Waals surface area contributed by atoms with Crippen LogP contribution < -0.4 is 16.0 Å². The number of hydrogen-bond donors (Lipinski definition) is 3. The van der Waals surface area contributed by atoms with Gasteiger partial charge in [-0.05, 0) is 61.6 Å². The highest BCUT2D eigenvalue weighted by atomic mass is 16.2. The number of fused-ring (bicyclic) bond motifs is 1. The van der Waals surface area contributed by atoms with Gasteiger partial charge in [-0.25, -0.2) is 4.79 Å². The number of nitrogens with zero attached hydrogens (tertiary/aromatic N) is 1. The first-order valence-corrected chi connectivity index (χ1v) is 11.5. The molecule has 1 saturated carbocycles. The second-order valence-corrected chi connectivity index (χ2v) is 8.63. The number of anilines is 2. The molecule has 0 aromatic heterocycles. The molecule has 1 aliphatic carbocycles. The fraction of sp³-hybridized carbons (Fsp3) is 0.346. The zero-order valence-electron chi connectivity index (χ0n) is 18.6. The summed E-state index contributed by atoms with van der Waals surface area (Å²) >= 11 is 0. The number of rotatable bonds is 6. The van der Waals surface area contributed by atoms with Crippen LogP contribution in [-0.4, -0.2) is 41.4 Å². The Bertz CT molecular complexity index is 1010. The van der Waals surface area contributed by atoms with E-state index in [4.69, 9.17) is 0 Å². The molecule has 2 aromatic carbocycles. The third-order valence-corrected chi connectivity index (χ3v) is 6.46. The molecule has 172 valence electrons. The highest BCUT2D eigenvalue weighted by Gasteiger charge is 2.47. The number of urea groups is 1. The summed E-state index contributed by atoms with van der Waals surface area (Å²) in [6, 6.07) is 15.4. The Labute approximate surface area is 194 Å². The number of amides is 4. The van der Waals surface area contributed by atoms with Gasteiger partial charge in [-0.3, -0.25) is 9.59 Å². The summed E-state index contributed by atoms with van der Waals surface area (Å²) < 4.78 is 0. The lowest BCUT2D eigenvalue weighted by Gasteiger charge is -2.33. The maximum atomic E-state index is 13.4. The average molecular weight is 447 g/mol. The Hall–Kier alpha value is -3.61. The van der Waals surface area contributed by atoms with E-state index in [0.29, 0.717) is 35.8 Å². The minimum Gasteiger partial charge on any atom is -0.334 e. The predicted octanol–water partition coefficient (Wildman–Crippen LogP) is 4.41. The first-order valence-electron chi connectivity index (χ1n) is 11.5. The van der Waals surface area contributed by atoms with Crippen molar-refractivity contribution in [3.05, 3.63) is 72.8 Å². The lowest BCUT2D eigenvalue weighted by molar-refractivity contribution is -0.120. The molecule has 1 saturated heterocycles. The van der Waals surface area contributed by atoms with E-state index < -0.39 is 6.04 Å². The molecule has 4 rings (SSSR count). The Morgan fingerprint density at radius 3 is 2.30 bits per heavy atom. The van der Waals surface area contributed by atoms with E-state index in [1.807, 2.05) is 35.2 Å². The fourth-order valence-corrected chi connectivity index (χ4v) is 4.92. The molecule has 33 heavy (non-hydrogen) atoms. The summed E-state index contributed by atoms with van der Waals surface area (Å²) in [5.74, 6) is 0.121. The van der Waals surface area contributed by atoms with Crippen LogP contribution in [-0.2, 0) is 4.79 Å². The van der Waals surface area contributed by atoms with Gasteiger partial charge in [-0.2, -0.15) is 0 Å². The Morgan fingerprint density at radius 1 is 0.939 bits per heavy atom. The first kappa shape index (κ1) is 22.6. The molecular weight excluding hydrogens is 416 g/mol. The third-order valence-electron chi connectivity index (χ3n) is 6.46. The smallest absolute Gasteiger partial charge is 0.319 e. The van der Waals surface area contributed by atoms with Crippen LogP contribution >= 0.6 is 0 Å². The van der Waals surface area contributed by atoms with Gasteiger partial charge in [-0.15, -0.1) is 6.58 Å². The molecule has 1 heterocycles. The molecule has 4 amide bonds. The maximum absolute atomic E-state index is 13.4. The number of hydrogen-bond acceptors (Lipinski definition) is 3. The van der Waals surface area contributed by atoms with Gasteiger partial charge in [0, 0.05) is 29.5 Å². The summed E-state index contributed by atoms with van der Waals surface area (Å²) in [6.07, 6.45) is 6.53. The van der Waals surface area contributed by atoms with Crippen LogP contribution in [0.2, 0.25) is 0 Å². The molecule has 3 atom stereocenters. The van der Waals surface area contributed by atoms with Crippen LogP contribution in [0.15, 0.2) is 67.3 Å². The molecule has 7 nitrogen and oxygen atoms in total. The Morgan fingerprint density at radius 2 is 1.61 bits per heavy atom. The zero-order valence-corrected chi connectivity index (χ0v) is 18.6. The van der Waals surface area contributed by atoms with Crippen LogP contribution in [0.3, 0.4) is 0 Å². The predicted molar refractivity (Wildman–Crippen MR) is 129 cm³/mol.